The molecule has 0 radical (unpaired) electrons. The summed E-state index contributed by atoms with van der Waals surface area (Å²) >= 11 is 0. The fraction of sp³-hybridized carbons (Fsp3) is 0.632. The van der Waals surface area contributed by atoms with Crippen LogP contribution in [0.5, 0.6) is 5.75 Å². The second-order valence-electron chi connectivity index (χ2n) is 7.61. The van der Waals surface area contributed by atoms with Gasteiger partial charge in [-0.3, -0.25) is 4.90 Å². The summed E-state index contributed by atoms with van der Waals surface area (Å²) in [6.45, 7) is 4.05. The van der Waals surface area contributed by atoms with E-state index in [1.54, 1.807) is 12.1 Å². The fourth-order valence-corrected chi connectivity index (χ4v) is 4.23. The van der Waals surface area contributed by atoms with Crippen molar-refractivity contribution in [2.24, 2.45) is 0 Å². The second-order valence-corrected chi connectivity index (χ2v) is 7.61. The van der Waals surface area contributed by atoms with Gasteiger partial charge in [0.15, 0.2) is 5.82 Å². The van der Waals surface area contributed by atoms with E-state index in [-0.39, 0.29) is 11.8 Å². The van der Waals surface area contributed by atoms with Gasteiger partial charge in [0, 0.05) is 26.2 Å². The maximum atomic E-state index is 9.71. The number of likely N-dealkylation sites (N-methyl/N-ethyl adjacent to an activating group) is 1. The fourth-order valence-electron chi connectivity index (χ4n) is 4.23. The number of benzene rings is 1. The van der Waals surface area contributed by atoms with Crippen LogP contribution in [-0.4, -0.2) is 68.3 Å². The lowest BCUT2D eigenvalue weighted by Crippen LogP contribution is -2.46. The molecule has 2 aromatic rings. The SMILES string of the molecule is CN1CCN([C@@H](c2ccc(O)cc2)c2nnnn2C2CCCCC2)CC1. The van der Waals surface area contributed by atoms with Crippen LogP contribution < -0.4 is 0 Å². The molecule has 1 saturated heterocycles. The third-order valence-electron chi connectivity index (χ3n) is 5.80. The Morgan fingerprint density at radius 3 is 2.38 bits per heavy atom. The van der Waals surface area contributed by atoms with Gasteiger partial charge in [0.2, 0.25) is 0 Å². The molecule has 1 aromatic heterocycles. The zero-order chi connectivity index (χ0) is 17.9. The van der Waals surface area contributed by atoms with Crippen molar-refractivity contribution in [3.8, 4) is 5.75 Å². The Kier molecular flexibility index (Phi) is 5.17. The maximum absolute atomic E-state index is 9.71. The summed E-state index contributed by atoms with van der Waals surface area (Å²) in [5, 5.41) is 22.6. The molecule has 2 fully saturated rings. The van der Waals surface area contributed by atoms with Crippen LogP contribution in [0.1, 0.15) is 55.6 Å². The molecule has 1 aliphatic carbocycles. The molecule has 1 aliphatic heterocycles. The lowest BCUT2D eigenvalue weighted by atomic mass is 9.95. The summed E-state index contributed by atoms with van der Waals surface area (Å²) in [4.78, 5) is 4.83. The normalized spacial score (nSPS) is 21.7. The Morgan fingerprint density at radius 1 is 1.00 bits per heavy atom. The van der Waals surface area contributed by atoms with Gasteiger partial charge in [0.1, 0.15) is 5.75 Å². The van der Waals surface area contributed by atoms with Crippen LogP contribution in [0, 0.1) is 0 Å². The molecule has 1 atom stereocenters. The lowest BCUT2D eigenvalue weighted by Gasteiger charge is -2.38. The van der Waals surface area contributed by atoms with Crippen LogP contribution in [-0.2, 0) is 0 Å². The maximum Gasteiger partial charge on any atom is 0.173 e. The molecular weight excluding hydrogens is 328 g/mol. The molecule has 1 saturated carbocycles. The summed E-state index contributed by atoms with van der Waals surface area (Å²) in [6, 6.07) is 7.94. The van der Waals surface area contributed by atoms with E-state index in [0.29, 0.717) is 6.04 Å². The highest BCUT2D eigenvalue weighted by atomic mass is 16.3. The van der Waals surface area contributed by atoms with E-state index in [1.807, 2.05) is 12.1 Å². The molecule has 2 aliphatic rings. The number of tetrazole rings is 1. The van der Waals surface area contributed by atoms with Gasteiger partial charge in [-0.1, -0.05) is 31.4 Å². The van der Waals surface area contributed by atoms with E-state index in [4.69, 9.17) is 0 Å². The van der Waals surface area contributed by atoms with Crippen molar-refractivity contribution in [3.05, 3.63) is 35.7 Å². The molecular formula is C19H28N6O. The average Bonchev–Trinajstić information content (AvgIpc) is 3.15. The smallest absolute Gasteiger partial charge is 0.173 e. The van der Waals surface area contributed by atoms with E-state index in [2.05, 4.69) is 37.1 Å². The lowest BCUT2D eigenvalue weighted by molar-refractivity contribution is 0.119. The summed E-state index contributed by atoms with van der Waals surface area (Å²) in [6.07, 6.45) is 6.13. The minimum absolute atomic E-state index is 0.0289. The molecule has 1 aromatic carbocycles. The number of hydrogen-bond donors (Lipinski definition) is 1. The average molecular weight is 356 g/mol. The van der Waals surface area contributed by atoms with Crippen molar-refractivity contribution in [1.29, 1.82) is 0 Å². The van der Waals surface area contributed by atoms with Crippen LogP contribution in [0.15, 0.2) is 24.3 Å². The third-order valence-corrected chi connectivity index (χ3v) is 5.80. The van der Waals surface area contributed by atoms with E-state index >= 15 is 0 Å². The van der Waals surface area contributed by atoms with E-state index in [1.165, 1.54) is 19.3 Å². The zero-order valence-corrected chi connectivity index (χ0v) is 15.5. The van der Waals surface area contributed by atoms with E-state index in [9.17, 15) is 5.11 Å². The van der Waals surface area contributed by atoms with Gasteiger partial charge in [-0.2, -0.15) is 0 Å². The minimum Gasteiger partial charge on any atom is -0.508 e. The van der Waals surface area contributed by atoms with Crippen molar-refractivity contribution in [3.63, 3.8) is 0 Å². The highest BCUT2D eigenvalue weighted by Crippen LogP contribution is 2.34. The van der Waals surface area contributed by atoms with Gasteiger partial charge in [0.05, 0.1) is 12.1 Å². The topological polar surface area (TPSA) is 70.3 Å². The number of hydrogen-bond acceptors (Lipinski definition) is 6. The van der Waals surface area contributed by atoms with E-state index in [0.717, 1.165) is 50.4 Å². The van der Waals surface area contributed by atoms with Crippen molar-refractivity contribution < 1.29 is 5.11 Å². The van der Waals surface area contributed by atoms with Gasteiger partial charge in [0.25, 0.3) is 0 Å². The molecule has 4 rings (SSSR count). The highest BCUT2D eigenvalue weighted by Gasteiger charge is 2.32. The van der Waals surface area contributed by atoms with E-state index < -0.39 is 0 Å². The van der Waals surface area contributed by atoms with Gasteiger partial charge in [-0.15, -0.1) is 5.10 Å². The quantitative estimate of drug-likeness (QED) is 0.906. The Labute approximate surface area is 154 Å². The number of phenols is 1. The molecule has 140 valence electrons. The first-order valence-corrected chi connectivity index (χ1v) is 9.71. The van der Waals surface area contributed by atoms with Crippen molar-refractivity contribution in [1.82, 2.24) is 30.0 Å². The van der Waals surface area contributed by atoms with Gasteiger partial charge in [-0.05, 0) is 48.0 Å². The standard InChI is InChI=1S/C19H28N6O/c1-23-11-13-24(14-12-23)18(15-7-9-17(26)10-8-15)19-20-21-22-25(19)16-5-3-2-4-6-16/h7-10,16,18,26H,2-6,11-14H2,1H3/t18-/m0/s1. The Balaban J connectivity index is 1.69. The predicted molar refractivity (Wildman–Crippen MR) is 99.0 cm³/mol. The predicted octanol–water partition coefficient (Wildman–Crippen LogP) is 2.22. The summed E-state index contributed by atoms with van der Waals surface area (Å²) in [7, 11) is 2.17. The summed E-state index contributed by atoms with van der Waals surface area (Å²) in [5.74, 6) is 1.23. The molecule has 0 amide bonds. The molecule has 0 spiro atoms. The largest absolute Gasteiger partial charge is 0.508 e. The zero-order valence-electron chi connectivity index (χ0n) is 15.5. The van der Waals surface area contributed by atoms with Gasteiger partial charge in [-0.25, -0.2) is 4.68 Å². The molecule has 7 heteroatoms. The Bertz CT molecular complexity index is 701. The second kappa shape index (κ2) is 7.72. The number of aromatic nitrogens is 4. The van der Waals surface area contributed by atoms with Gasteiger partial charge < -0.3 is 10.0 Å². The molecule has 7 nitrogen and oxygen atoms in total. The van der Waals surface area contributed by atoms with Crippen molar-refractivity contribution >= 4 is 0 Å². The monoisotopic (exact) mass is 356 g/mol. The van der Waals surface area contributed by atoms with Crippen LogP contribution >= 0.6 is 0 Å². The van der Waals surface area contributed by atoms with Gasteiger partial charge >= 0.3 is 0 Å². The number of rotatable bonds is 4. The first-order valence-electron chi connectivity index (χ1n) is 9.71. The number of piperazine rings is 1. The Morgan fingerprint density at radius 2 is 1.69 bits per heavy atom. The molecule has 2 heterocycles. The third kappa shape index (κ3) is 3.59. The molecule has 0 bridgehead atoms. The number of aromatic hydroxyl groups is 1. The van der Waals surface area contributed by atoms with Crippen LogP contribution in [0.3, 0.4) is 0 Å². The summed E-state index contributed by atoms with van der Waals surface area (Å²) in [5.41, 5.74) is 1.14. The molecule has 1 N–H and O–H groups in total. The minimum atomic E-state index is 0.0289. The highest BCUT2D eigenvalue weighted by molar-refractivity contribution is 5.31. The Hall–Kier alpha value is -1.99. The first kappa shape index (κ1) is 17.4. The van der Waals surface area contributed by atoms with Crippen molar-refractivity contribution in [2.45, 2.75) is 44.2 Å². The molecule has 26 heavy (non-hydrogen) atoms. The number of nitrogens with zero attached hydrogens (tertiary/aromatic N) is 6. The van der Waals surface area contributed by atoms with Crippen molar-refractivity contribution in [2.75, 3.05) is 33.2 Å². The first-order chi connectivity index (χ1) is 12.7. The summed E-state index contributed by atoms with van der Waals surface area (Å²) < 4.78 is 2.08. The van der Waals surface area contributed by atoms with Crippen LogP contribution in [0.2, 0.25) is 0 Å². The van der Waals surface area contributed by atoms with Crippen LogP contribution in [0.4, 0.5) is 0 Å². The number of phenolic OH excluding ortho intramolecular Hbond substituents is 1. The van der Waals surface area contributed by atoms with Crippen LogP contribution in [0.25, 0.3) is 0 Å². The molecule has 0 unspecified atom stereocenters.